The standard InChI is InChI=1S/C22H18Cl2N2OS/c23-15-11-9-14(10-12-15)13-25-22-20(16-5-1-4-8-19(16)28-22)21(27)26-18-7-3-2-6-17(18)24/h2-3,6-7,9-13H,1,4-5,8H2,(H,26,27)/b25-13+. The molecule has 4 rings (SSSR count). The van der Waals surface area contributed by atoms with E-state index in [4.69, 9.17) is 23.2 Å². The highest BCUT2D eigenvalue weighted by Crippen LogP contribution is 2.40. The van der Waals surface area contributed by atoms with Crippen molar-refractivity contribution in [1.82, 2.24) is 0 Å². The van der Waals surface area contributed by atoms with Gasteiger partial charge in [0, 0.05) is 16.1 Å². The van der Waals surface area contributed by atoms with E-state index in [-0.39, 0.29) is 5.91 Å². The Kier molecular flexibility index (Phi) is 5.81. The zero-order valence-electron chi connectivity index (χ0n) is 15.0. The largest absolute Gasteiger partial charge is 0.321 e. The first-order valence-corrected chi connectivity index (χ1v) is 10.7. The van der Waals surface area contributed by atoms with Gasteiger partial charge in [-0.1, -0.05) is 47.5 Å². The van der Waals surface area contributed by atoms with Crippen LogP contribution in [0.5, 0.6) is 0 Å². The second-order valence-electron chi connectivity index (χ2n) is 6.63. The van der Waals surface area contributed by atoms with Crippen LogP contribution in [-0.2, 0) is 12.8 Å². The van der Waals surface area contributed by atoms with E-state index in [9.17, 15) is 4.79 Å². The molecule has 0 aliphatic heterocycles. The minimum absolute atomic E-state index is 0.157. The zero-order chi connectivity index (χ0) is 19.5. The number of aryl methyl sites for hydroxylation is 1. The van der Waals surface area contributed by atoms with E-state index in [2.05, 4.69) is 10.3 Å². The third-order valence-corrected chi connectivity index (χ3v) is 6.48. The van der Waals surface area contributed by atoms with Crippen LogP contribution in [0.15, 0.2) is 53.5 Å². The summed E-state index contributed by atoms with van der Waals surface area (Å²) in [6.45, 7) is 0. The number of amides is 1. The summed E-state index contributed by atoms with van der Waals surface area (Å²) in [6, 6.07) is 14.7. The molecule has 2 aromatic carbocycles. The van der Waals surface area contributed by atoms with Crippen LogP contribution in [0.2, 0.25) is 10.0 Å². The quantitative estimate of drug-likeness (QED) is 0.449. The van der Waals surface area contributed by atoms with Crippen molar-refractivity contribution in [3.8, 4) is 0 Å². The van der Waals surface area contributed by atoms with Crippen molar-refractivity contribution >= 4 is 57.3 Å². The molecule has 0 unspecified atom stereocenters. The summed E-state index contributed by atoms with van der Waals surface area (Å²) >= 11 is 13.8. The highest BCUT2D eigenvalue weighted by Gasteiger charge is 2.25. The van der Waals surface area contributed by atoms with Gasteiger partial charge < -0.3 is 5.32 Å². The molecule has 1 aliphatic carbocycles. The molecule has 28 heavy (non-hydrogen) atoms. The number of aliphatic imine (C=N–C) groups is 1. The minimum atomic E-state index is -0.157. The van der Waals surface area contributed by atoms with Crippen molar-refractivity contribution in [2.75, 3.05) is 5.32 Å². The van der Waals surface area contributed by atoms with Crippen molar-refractivity contribution < 1.29 is 4.79 Å². The molecule has 1 aromatic heterocycles. The first kappa shape index (κ1) is 19.2. The molecule has 1 N–H and O–H groups in total. The smallest absolute Gasteiger partial charge is 0.259 e. The van der Waals surface area contributed by atoms with Gasteiger partial charge in [-0.2, -0.15) is 0 Å². The normalized spacial score (nSPS) is 13.5. The summed E-state index contributed by atoms with van der Waals surface area (Å²) in [5.41, 5.74) is 3.35. The predicted octanol–water partition coefficient (Wildman–Crippen LogP) is 6.94. The molecule has 1 heterocycles. The highest BCUT2D eigenvalue weighted by molar-refractivity contribution is 7.16. The fourth-order valence-electron chi connectivity index (χ4n) is 3.31. The lowest BCUT2D eigenvalue weighted by Gasteiger charge is -2.13. The molecule has 3 aromatic rings. The molecule has 0 spiro atoms. The first-order chi connectivity index (χ1) is 13.6. The second kappa shape index (κ2) is 8.48. The summed E-state index contributed by atoms with van der Waals surface area (Å²) in [5.74, 6) is -0.157. The SMILES string of the molecule is O=C(Nc1ccccc1Cl)c1c(/N=C/c2ccc(Cl)cc2)sc2c1CCCC2. The Morgan fingerprint density at radius 2 is 1.79 bits per heavy atom. The van der Waals surface area contributed by atoms with Gasteiger partial charge in [0.25, 0.3) is 5.91 Å². The van der Waals surface area contributed by atoms with E-state index in [1.807, 2.05) is 36.4 Å². The number of para-hydroxylation sites is 1. The Morgan fingerprint density at radius 3 is 2.57 bits per heavy atom. The lowest BCUT2D eigenvalue weighted by Crippen LogP contribution is -2.15. The number of nitrogens with one attached hydrogen (secondary N) is 1. The average Bonchev–Trinajstić information content (AvgIpc) is 3.08. The van der Waals surface area contributed by atoms with Crippen LogP contribution in [-0.4, -0.2) is 12.1 Å². The fourth-order valence-corrected chi connectivity index (χ4v) is 4.85. The number of halogens is 2. The Bertz CT molecular complexity index is 1040. The maximum Gasteiger partial charge on any atom is 0.259 e. The van der Waals surface area contributed by atoms with Crippen molar-refractivity contribution in [2.45, 2.75) is 25.7 Å². The molecule has 1 aliphatic rings. The van der Waals surface area contributed by atoms with E-state index in [1.54, 1.807) is 29.7 Å². The average molecular weight is 429 g/mol. The van der Waals surface area contributed by atoms with Crippen LogP contribution < -0.4 is 5.32 Å². The molecular weight excluding hydrogens is 411 g/mol. The number of hydrogen-bond acceptors (Lipinski definition) is 3. The van der Waals surface area contributed by atoms with Crippen molar-refractivity contribution in [3.63, 3.8) is 0 Å². The molecule has 1 amide bonds. The number of thiophene rings is 1. The second-order valence-corrected chi connectivity index (χ2v) is 8.56. The Hall–Kier alpha value is -2.14. The number of benzene rings is 2. The minimum Gasteiger partial charge on any atom is -0.321 e. The summed E-state index contributed by atoms with van der Waals surface area (Å²) in [4.78, 5) is 19.0. The van der Waals surface area contributed by atoms with Crippen LogP contribution >= 0.6 is 34.5 Å². The molecule has 0 saturated carbocycles. The van der Waals surface area contributed by atoms with Gasteiger partial charge in [-0.25, -0.2) is 4.99 Å². The third-order valence-electron chi connectivity index (χ3n) is 4.70. The topological polar surface area (TPSA) is 41.5 Å². The summed E-state index contributed by atoms with van der Waals surface area (Å²) in [7, 11) is 0. The molecule has 142 valence electrons. The Labute approximate surface area is 178 Å². The van der Waals surface area contributed by atoms with Gasteiger partial charge in [0.15, 0.2) is 0 Å². The van der Waals surface area contributed by atoms with Crippen molar-refractivity contribution in [1.29, 1.82) is 0 Å². The van der Waals surface area contributed by atoms with Crippen LogP contribution in [0, 0.1) is 0 Å². The number of rotatable bonds is 4. The summed E-state index contributed by atoms with van der Waals surface area (Å²) in [6.07, 6.45) is 5.94. The van der Waals surface area contributed by atoms with E-state index in [0.29, 0.717) is 21.3 Å². The monoisotopic (exact) mass is 428 g/mol. The Balaban J connectivity index is 1.68. The number of hydrogen-bond donors (Lipinski definition) is 1. The molecule has 3 nitrogen and oxygen atoms in total. The molecular formula is C22H18Cl2N2OS. The molecule has 0 fully saturated rings. The first-order valence-electron chi connectivity index (χ1n) is 9.12. The number of carbonyl (C=O) groups excluding carboxylic acids is 1. The van der Waals surface area contributed by atoms with Gasteiger partial charge in [0.05, 0.1) is 16.3 Å². The number of anilines is 1. The maximum absolute atomic E-state index is 13.1. The van der Waals surface area contributed by atoms with E-state index < -0.39 is 0 Å². The van der Waals surface area contributed by atoms with Crippen LogP contribution in [0.25, 0.3) is 0 Å². The lowest BCUT2D eigenvalue weighted by molar-refractivity contribution is 0.102. The van der Waals surface area contributed by atoms with Gasteiger partial charge >= 0.3 is 0 Å². The van der Waals surface area contributed by atoms with Gasteiger partial charge in [-0.3, -0.25) is 4.79 Å². The van der Waals surface area contributed by atoms with Crippen LogP contribution in [0.4, 0.5) is 10.7 Å². The maximum atomic E-state index is 13.1. The van der Waals surface area contributed by atoms with Crippen molar-refractivity contribution in [2.24, 2.45) is 4.99 Å². The number of nitrogens with zero attached hydrogens (tertiary/aromatic N) is 1. The van der Waals surface area contributed by atoms with Crippen molar-refractivity contribution in [3.05, 3.63) is 80.1 Å². The van der Waals surface area contributed by atoms with E-state index in [1.165, 1.54) is 4.88 Å². The zero-order valence-corrected chi connectivity index (χ0v) is 17.4. The number of carbonyl (C=O) groups is 1. The molecule has 6 heteroatoms. The van der Waals surface area contributed by atoms with Crippen LogP contribution in [0.1, 0.15) is 39.2 Å². The molecule has 0 bridgehead atoms. The van der Waals surface area contributed by atoms with Crippen LogP contribution in [0.3, 0.4) is 0 Å². The van der Waals surface area contributed by atoms with E-state index >= 15 is 0 Å². The predicted molar refractivity (Wildman–Crippen MR) is 119 cm³/mol. The van der Waals surface area contributed by atoms with Gasteiger partial charge in [0.2, 0.25) is 0 Å². The lowest BCUT2D eigenvalue weighted by atomic mass is 9.95. The highest BCUT2D eigenvalue weighted by atomic mass is 35.5. The van der Waals surface area contributed by atoms with E-state index in [0.717, 1.165) is 41.8 Å². The Morgan fingerprint density at radius 1 is 1.04 bits per heavy atom. The molecule has 0 atom stereocenters. The summed E-state index contributed by atoms with van der Waals surface area (Å²) < 4.78 is 0. The fraction of sp³-hybridized carbons (Fsp3) is 0.182. The summed E-state index contributed by atoms with van der Waals surface area (Å²) in [5, 5.41) is 4.90. The third kappa shape index (κ3) is 4.14. The molecule has 0 radical (unpaired) electrons. The van der Waals surface area contributed by atoms with Gasteiger partial charge in [0.1, 0.15) is 5.00 Å². The van der Waals surface area contributed by atoms with Gasteiger partial charge in [-0.15, -0.1) is 11.3 Å². The number of fused-ring (bicyclic) bond motifs is 1. The van der Waals surface area contributed by atoms with Gasteiger partial charge in [-0.05, 0) is 61.1 Å². The molecule has 0 saturated heterocycles.